The summed E-state index contributed by atoms with van der Waals surface area (Å²) in [6.45, 7) is 5.97. The molecule has 2 aliphatic heterocycles. The van der Waals surface area contributed by atoms with Crippen molar-refractivity contribution in [3.8, 4) is 0 Å². The molecular formula is C16H25N3O5. The lowest BCUT2D eigenvalue weighted by Gasteiger charge is -2.36. The molecule has 0 aromatic rings. The van der Waals surface area contributed by atoms with Crippen LogP contribution < -0.4 is 5.32 Å². The van der Waals surface area contributed by atoms with Gasteiger partial charge in [0.05, 0.1) is 12.5 Å². The molecule has 134 valence electrons. The Balaban J connectivity index is 2.13. The van der Waals surface area contributed by atoms with Gasteiger partial charge in [-0.25, -0.2) is 4.79 Å². The quantitative estimate of drug-likeness (QED) is 0.673. The van der Waals surface area contributed by atoms with Gasteiger partial charge in [0.25, 0.3) is 0 Å². The van der Waals surface area contributed by atoms with Crippen molar-refractivity contribution in [2.45, 2.75) is 58.2 Å². The monoisotopic (exact) mass is 339 g/mol. The predicted molar refractivity (Wildman–Crippen MR) is 84.9 cm³/mol. The third-order valence-corrected chi connectivity index (χ3v) is 4.62. The van der Waals surface area contributed by atoms with Gasteiger partial charge in [0.1, 0.15) is 6.04 Å². The molecule has 24 heavy (non-hydrogen) atoms. The van der Waals surface area contributed by atoms with Crippen molar-refractivity contribution in [3.63, 3.8) is 0 Å². The van der Waals surface area contributed by atoms with E-state index < -0.39 is 29.9 Å². The minimum absolute atomic E-state index is 0.00211. The predicted octanol–water partition coefficient (Wildman–Crippen LogP) is -0.176. The molecule has 0 bridgehead atoms. The first-order valence-corrected chi connectivity index (χ1v) is 8.32. The molecule has 8 nitrogen and oxygen atoms in total. The van der Waals surface area contributed by atoms with Crippen LogP contribution in [0.4, 0.5) is 0 Å². The van der Waals surface area contributed by atoms with Crippen LogP contribution in [0, 0.1) is 5.92 Å². The molecule has 2 aliphatic rings. The van der Waals surface area contributed by atoms with Gasteiger partial charge in [0.15, 0.2) is 0 Å². The van der Waals surface area contributed by atoms with Gasteiger partial charge in [-0.3, -0.25) is 24.2 Å². The number of imide groups is 1. The van der Waals surface area contributed by atoms with Crippen molar-refractivity contribution in [2.75, 3.05) is 13.1 Å². The van der Waals surface area contributed by atoms with E-state index in [9.17, 15) is 24.3 Å². The topological polar surface area (TPSA) is 107 Å². The number of piperidine rings is 1. The lowest BCUT2D eigenvalue weighted by molar-refractivity contribution is -0.156. The third-order valence-electron chi connectivity index (χ3n) is 4.62. The third kappa shape index (κ3) is 3.75. The van der Waals surface area contributed by atoms with E-state index in [2.05, 4.69) is 5.32 Å². The lowest BCUT2D eigenvalue weighted by Crippen LogP contribution is -2.54. The van der Waals surface area contributed by atoms with Gasteiger partial charge in [-0.15, -0.1) is 0 Å². The van der Waals surface area contributed by atoms with Crippen molar-refractivity contribution >= 4 is 23.7 Å². The second-order valence-corrected chi connectivity index (χ2v) is 6.88. The first-order chi connectivity index (χ1) is 11.2. The Bertz CT molecular complexity index is 548. The summed E-state index contributed by atoms with van der Waals surface area (Å²) in [5.74, 6) is -2.52. The molecule has 0 radical (unpaired) electrons. The van der Waals surface area contributed by atoms with E-state index in [1.165, 1.54) is 6.92 Å². The van der Waals surface area contributed by atoms with E-state index in [0.717, 1.165) is 17.7 Å². The van der Waals surface area contributed by atoms with Crippen LogP contribution in [0.15, 0.2) is 0 Å². The van der Waals surface area contributed by atoms with E-state index in [0.29, 0.717) is 13.1 Å². The molecule has 2 heterocycles. The first kappa shape index (κ1) is 18.4. The number of nitrogens with one attached hydrogen (secondary N) is 1. The van der Waals surface area contributed by atoms with Gasteiger partial charge in [-0.2, -0.15) is 0 Å². The minimum atomic E-state index is -1.16. The van der Waals surface area contributed by atoms with Crippen LogP contribution >= 0.6 is 0 Å². The summed E-state index contributed by atoms with van der Waals surface area (Å²) in [5, 5.41) is 12.2. The number of carboxylic acid groups (broad SMARTS) is 1. The van der Waals surface area contributed by atoms with Gasteiger partial charge >= 0.3 is 5.97 Å². The molecule has 0 spiro atoms. The number of carboxylic acids is 1. The molecule has 0 aliphatic carbocycles. The van der Waals surface area contributed by atoms with Crippen molar-refractivity contribution in [1.82, 2.24) is 15.1 Å². The molecule has 3 unspecified atom stereocenters. The SMILES string of the molecule is CC(=O)NC1CCCN(C2CC(=O)N(C(C(=O)O)C(C)C)C2=O)C1. The molecule has 8 heteroatoms. The highest BCUT2D eigenvalue weighted by atomic mass is 16.4. The fraction of sp³-hybridized carbons (Fsp3) is 0.750. The lowest BCUT2D eigenvalue weighted by atomic mass is 10.0. The highest BCUT2D eigenvalue weighted by Crippen LogP contribution is 2.26. The van der Waals surface area contributed by atoms with Crippen LogP contribution in [0.2, 0.25) is 0 Å². The molecule has 2 fully saturated rings. The number of likely N-dealkylation sites (tertiary alicyclic amines) is 2. The first-order valence-electron chi connectivity index (χ1n) is 8.32. The van der Waals surface area contributed by atoms with Gasteiger partial charge in [-0.05, 0) is 25.3 Å². The minimum Gasteiger partial charge on any atom is -0.480 e. The normalized spacial score (nSPS) is 26.8. The molecule has 2 rings (SSSR count). The number of amides is 3. The van der Waals surface area contributed by atoms with Crippen LogP contribution in [0.5, 0.6) is 0 Å². The molecule has 0 aromatic carbocycles. The van der Waals surface area contributed by atoms with Crippen molar-refractivity contribution in [1.29, 1.82) is 0 Å². The average molecular weight is 339 g/mol. The Kier molecular flexibility index (Phi) is 5.58. The number of rotatable bonds is 5. The Morgan fingerprint density at radius 1 is 1.29 bits per heavy atom. The highest BCUT2D eigenvalue weighted by molar-refractivity contribution is 6.08. The van der Waals surface area contributed by atoms with E-state index >= 15 is 0 Å². The summed E-state index contributed by atoms with van der Waals surface area (Å²) in [6, 6.07) is -1.81. The molecule has 0 saturated carbocycles. The van der Waals surface area contributed by atoms with Gasteiger partial charge in [0, 0.05) is 19.5 Å². The summed E-state index contributed by atoms with van der Waals surface area (Å²) in [4.78, 5) is 50.5. The van der Waals surface area contributed by atoms with Crippen molar-refractivity contribution < 1.29 is 24.3 Å². The fourth-order valence-electron chi connectivity index (χ4n) is 3.60. The Morgan fingerprint density at radius 2 is 1.96 bits per heavy atom. The average Bonchev–Trinajstić information content (AvgIpc) is 2.75. The van der Waals surface area contributed by atoms with E-state index in [-0.39, 0.29) is 24.3 Å². The summed E-state index contributed by atoms with van der Waals surface area (Å²) in [6.07, 6.45) is 1.65. The van der Waals surface area contributed by atoms with Crippen LogP contribution in [-0.4, -0.2) is 69.8 Å². The molecule has 2 saturated heterocycles. The van der Waals surface area contributed by atoms with Crippen LogP contribution in [0.3, 0.4) is 0 Å². The van der Waals surface area contributed by atoms with Gasteiger partial charge in [-0.1, -0.05) is 13.8 Å². The zero-order valence-electron chi connectivity index (χ0n) is 14.3. The fourth-order valence-corrected chi connectivity index (χ4v) is 3.60. The summed E-state index contributed by atoms with van der Waals surface area (Å²) in [7, 11) is 0. The molecule has 2 N–H and O–H groups in total. The second-order valence-electron chi connectivity index (χ2n) is 6.88. The molecular weight excluding hydrogens is 314 g/mol. The zero-order valence-corrected chi connectivity index (χ0v) is 14.3. The van der Waals surface area contributed by atoms with Crippen LogP contribution in [0.1, 0.15) is 40.0 Å². The number of hydrogen-bond acceptors (Lipinski definition) is 5. The Morgan fingerprint density at radius 3 is 2.50 bits per heavy atom. The van der Waals surface area contributed by atoms with E-state index in [1.54, 1.807) is 13.8 Å². The standard InChI is InChI=1S/C16H25N3O5/c1-9(2)14(16(23)24)19-13(21)7-12(15(19)22)18-6-4-5-11(8-18)17-10(3)20/h9,11-12,14H,4-8H2,1-3H3,(H,17,20)(H,23,24). The zero-order chi connectivity index (χ0) is 18.0. The van der Waals surface area contributed by atoms with Crippen LogP contribution in [-0.2, 0) is 19.2 Å². The van der Waals surface area contributed by atoms with Gasteiger partial charge in [0.2, 0.25) is 17.7 Å². The van der Waals surface area contributed by atoms with Crippen LogP contribution in [0.25, 0.3) is 0 Å². The summed E-state index contributed by atoms with van der Waals surface area (Å²) >= 11 is 0. The largest absolute Gasteiger partial charge is 0.480 e. The van der Waals surface area contributed by atoms with Crippen molar-refractivity contribution in [3.05, 3.63) is 0 Å². The number of nitrogens with zero attached hydrogens (tertiary/aromatic N) is 2. The number of hydrogen-bond donors (Lipinski definition) is 2. The maximum absolute atomic E-state index is 12.7. The number of aliphatic carboxylic acids is 1. The molecule has 3 atom stereocenters. The number of carbonyl (C=O) groups is 4. The summed E-state index contributed by atoms with van der Waals surface area (Å²) in [5.41, 5.74) is 0. The summed E-state index contributed by atoms with van der Waals surface area (Å²) < 4.78 is 0. The maximum atomic E-state index is 12.7. The number of carbonyl (C=O) groups excluding carboxylic acids is 3. The highest BCUT2D eigenvalue weighted by Gasteiger charge is 2.48. The smallest absolute Gasteiger partial charge is 0.327 e. The molecule has 3 amide bonds. The maximum Gasteiger partial charge on any atom is 0.327 e. The molecule has 0 aromatic heterocycles. The Hall–Kier alpha value is -1.96. The van der Waals surface area contributed by atoms with E-state index in [1.807, 2.05) is 4.90 Å². The van der Waals surface area contributed by atoms with E-state index in [4.69, 9.17) is 0 Å². The van der Waals surface area contributed by atoms with Gasteiger partial charge < -0.3 is 10.4 Å². The Labute approximate surface area is 141 Å². The van der Waals surface area contributed by atoms with Crippen molar-refractivity contribution in [2.24, 2.45) is 5.92 Å². The second kappa shape index (κ2) is 7.29.